The second-order valence-electron chi connectivity index (χ2n) is 4.47. The summed E-state index contributed by atoms with van der Waals surface area (Å²) in [7, 11) is 0. The molecule has 1 aromatic rings. The molecule has 0 amide bonds. The molecule has 0 aromatic heterocycles. The fourth-order valence-electron chi connectivity index (χ4n) is 1.77. The summed E-state index contributed by atoms with van der Waals surface area (Å²) in [6.07, 6.45) is -3.61. The Labute approximate surface area is 109 Å². The van der Waals surface area contributed by atoms with Crippen LogP contribution in [0.4, 0.5) is 17.6 Å². The van der Waals surface area contributed by atoms with E-state index in [1.807, 2.05) is 6.92 Å². The lowest BCUT2D eigenvalue weighted by Gasteiger charge is -2.20. The third kappa shape index (κ3) is 4.18. The quantitative estimate of drug-likeness (QED) is 0.811. The summed E-state index contributed by atoms with van der Waals surface area (Å²) in [6.45, 7) is 1.93. The standard InChI is InChI=1S/C13H17F4NO/c1-2-3-4-11(19)12(18)9-6-5-8(7-10(9)14)13(15,16)17/h5-7,11-12,19H,2-4,18H2,1H3/t11-,12+/m0/s1. The van der Waals surface area contributed by atoms with Crippen molar-refractivity contribution in [3.05, 3.63) is 35.1 Å². The highest BCUT2D eigenvalue weighted by Crippen LogP contribution is 2.31. The largest absolute Gasteiger partial charge is 0.416 e. The maximum atomic E-state index is 13.6. The number of unbranched alkanes of at least 4 members (excludes halogenated alkanes) is 1. The van der Waals surface area contributed by atoms with Gasteiger partial charge in [0.1, 0.15) is 5.82 Å². The van der Waals surface area contributed by atoms with E-state index in [-0.39, 0.29) is 5.56 Å². The Morgan fingerprint density at radius 3 is 2.42 bits per heavy atom. The smallest absolute Gasteiger partial charge is 0.391 e. The molecule has 0 bridgehead atoms. The second kappa shape index (κ2) is 6.34. The Balaban J connectivity index is 2.90. The van der Waals surface area contributed by atoms with Crippen molar-refractivity contribution in [3.63, 3.8) is 0 Å². The summed E-state index contributed by atoms with van der Waals surface area (Å²) >= 11 is 0. The minimum Gasteiger partial charge on any atom is -0.391 e. The first-order chi connectivity index (χ1) is 8.77. The van der Waals surface area contributed by atoms with Crippen LogP contribution < -0.4 is 5.73 Å². The van der Waals surface area contributed by atoms with Crippen LogP contribution in [0.2, 0.25) is 0 Å². The molecule has 2 atom stereocenters. The first-order valence-corrected chi connectivity index (χ1v) is 6.07. The van der Waals surface area contributed by atoms with Crippen molar-refractivity contribution in [3.8, 4) is 0 Å². The zero-order valence-electron chi connectivity index (χ0n) is 10.5. The predicted molar refractivity (Wildman–Crippen MR) is 63.9 cm³/mol. The van der Waals surface area contributed by atoms with Crippen molar-refractivity contribution >= 4 is 0 Å². The minimum atomic E-state index is -4.59. The van der Waals surface area contributed by atoms with Crippen LogP contribution in [0.25, 0.3) is 0 Å². The van der Waals surface area contributed by atoms with E-state index in [1.165, 1.54) is 0 Å². The molecule has 0 aliphatic rings. The van der Waals surface area contributed by atoms with E-state index in [0.29, 0.717) is 12.5 Å². The van der Waals surface area contributed by atoms with E-state index in [2.05, 4.69) is 0 Å². The number of alkyl halides is 3. The fraction of sp³-hybridized carbons (Fsp3) is 0.538. The van der Waals surface area contributed by atoms with Gasteiger partial charge in [-0.3, -0.25) is 0 Å². The molecule has 0 saturated heterocycles. The van der Waals surface area contributed by atoms with Gasteiger partial charge in [0.2, 0.25) is 0 Å². The van der Waals surface area contributed by atoms with E-state index in [9.17, 15) is 22.7 Å². The molecule has 1 aromatic carbocycles. The van der Waals surface area contributed by atoms with Crippen LogP contribution in [0, 0.1) is 5.82 Å². The molecule has 0 fully saturated rings. The van der Waals surface area contributed by atoms with E-state index >= 15 is 0 Å². The first-order valence-electron chi connectivity index (χ1n) is 6.07. The van der Waals surface area contributed by atoms with E-state index in [1.54, 1.807) is 0 Å². The SMILES string of the molecule is CCCC[C@H](O)[C@H](N)c1ccc(C(F)(F)F)cc1F. The zero-order valence-corrected chi connectivity index (χ0v) is 10.5. The lowest BCUT2D eigenvalue weighted by Crippen LogP contribution is -2.27. The summed E-state index contributed by atoms with van der Waals surface area (Å²) in [5, 5.41) is 9.74. The van der Waals surface area contributed by atoms with Gasteiger partial charge in [0, 0.05) is 5.56 Å². The van der Waals surface area contributed by atoms with Crippen molar-refractivity contribution in [2.75, 3.05) is 0 Å². The molecule has 2 nitrogen and oxygen atoms in total. The van der Waals surface area contributed by atoms with Gasteiger partial charge < -0.3 is 10.8 Å². The summed E-state index contributed by atoms with van der Waals surface area (Å²) in [6, 6.07) is 1.14. The van der Waals surface area contributed by atoms with E-state index < -0.39 is 29.7 Å². The summed E-state index contributed by atoms with van der Waals surface area (Å²) < 4.78 is 50.8. The third-order valence-electron chi connectivity index (χ3n) is 2.95. The molecule has 19 heavy (non-hydrogen) atoms. The van der Waals surface area contributed by atoms with E-state index in [0.717, 1.165) is 25.0 Å². The topological polar surface area (TPSA) is 46.2 Å². The van der Waals surface area contributed by atoms with Gasteiger partial charge in [0.05, 0.1) is 17.7 Å². The molecule has 0 aliphatic heterocycles. The Morgan fingerprint density at radius 2 is 1.95 bits per heavy atom. The van der Waals surface area contributed by atoms with Gasteiger partial charge in [-0.15, -0.1) is 0 Å². The normalized spacial score (nSPS) is 15.3. The van der Waals surface area contributed by atoms with Gasteiger partial charge >= 0.3 is 6.18 Å². The molecule has 0 spiro atoms. The van der Waals surface area contributed by atoms with Gasteiger partial charge in [0.25, 0.3) is 0 Å². The highest BCUT2D eigenvalue weighted by atomic mass is 19.4. The van der Waals surface area contributed by atoms with Crippen LogP contribution in [0.1, 0.15) is 43.4 Å². The first kappa shape index (κ1) is 15.9. The Bertz CT molecular complexity index is 420. The zero-order chi connectivity index (χ0) is 14.6. The van der Waals surface area contributed by atoms with Crippen molar-refractivity contribution in [2.45, 2.75) is 44.5 Å². The molecule has 0 heterocycles. The number of hydrogen-bond donors (Lipinski definition) is 2. The third-order valence-corrected chi connectivity index (χ3v) is 2.95. The van der Waals surface area contributed by atoms with Crippen LogP contribution >= 0.6 is 0 Å². The fourth-order valence-corrected chi connectivity index (χ4v) is 1.77. The number of halogens is 4. The predicted octanol–water partition coefficient (Wildman–Crippen LogP) is 3.40. The van der Waals surface area contributed by atoms with Crippen LogP contribution in [0.15, 0.2) is 18.2 Å². The Morgan fingerprint density at radius 1 is 1.32 bits per heavy atom. The number of aliphatic hydroxyl groups is 1. The molecular weight excluding hydrogens is 262 g/mol. The maximum absolute atomic E-state index is 13.6. The number of nitrogens with two attached hydrogens (primary N) is 1. The van der Waals surface area contributed by atoms with Crippen LogP contribution in [-0.4, -0.2) is 11.2 Å². The number of aliphatic hydroxyl groups excluding tert-OH is 1. The number of hydrogen-bond acceptors (Lipinski definition) is 2. The molecule has 0 aliphatic carbocycles. The lowest BCUT2D eigenvalue weighted by atomic mass is 9.97. The minimum absolute atomic E-state index is 0.100. The van der Waals surface area contributed by atoms with Crippen molar-refractivity contribution in [1.82, 2.24) is 0 Å². The van der Waals surface area contributed by atoms with Gasteiger partial charge in [0.15, 0.2) is 0 Å². The summed E-state index contributed by atoms with van der Waals surface area (Å²) in [5.41, 5.74) is 4.50. The molecular formula is C13H17F4NO. The Kier molecular flexibility index (Phi) is 5.31. The van der Waals surface area contributed by atoms with Crippen molar-refractivity contribution < 1.29 is 22.7 Å². The average molecular weight is 279 g/mol. The monoisotopic (exact) mass is 279 g/mol. The van der Waals surface area contributed by atoms with Crippen LogP contribution in [0.3, 0.4) is 0 Å². The number of rotatable bonds is 5. The molecule has 0 unspecified atom stereocenters. The average Bonchev–Trinajstić information content (AvgIpc) is 2.33. The highest BCUT2D eigenvalue weighted by Gasteiger charge is 2.32. The van der Waals surface area contributed by atoms with Gasteiger partial charge in [-0.05, 0) is 18.6 Å². The van der Waals surface area contributed by atoms with E-state index in [4.69, 9.17) is 5.73 Å². The van der Waals surface area contributed by atoms with Crippen LogP contribution in [-0.2, 0) is 6.18 Å². The lowest BCUT2D eigenvalue weighted by molar-refractivity contribution is -0.137. The molecule has 6 heteroatoms. The van der Waals surface area contributed by atoms with Gasteiger partial charge in [-0.1, -0.05) is 25.8 Å². The van der Waals surface area contributed by atoms with Crippen molar-refractivity contribution in [1.29, 1.82) is 0 Å². The molecule has 108 valence electrons. The van der Waals surface area contributed by atoms with Gasteiger partial charge in [-0.2, -0.15) is 13.2 Å². The molecule has 1 rings (SSSR count). The highest BCUT2D eigenvalue weighted by molar-refractivity contribution is 5.29. The molecule has 3 N–H and O–H groups in total. The molecule has 0 saturated carbocycles. The van der Waals surface area contributed by atoms with Crippen LogP contribution in [0.5, 0.6) is 0 Å². The Hall–Kier alpha value is -1.14. The molecule has 0 radical (unpaired) electrons. The number of benzene rings is 1. The second-order valence-corrected chi connectivity index (χ2v) is 4.47. The summed E-state index contributed by atoms with van der Waals surface area (Å²) in [5.74, 6) is -1.04. The maximum Gasteiger partial charge on any atom is 0.416 e. The van der Waals surface area contributed by atoms with Gasteiger partial charge in [-0.25, -0.2) is 4.39 Å². The van der Waals surface area contributed by atoms with Crippen molar-refractivity contribution in [2.24, 2.45) is 5.73 Å². The summed E-state index contributed by atoms with van der Waals surface area (Å²) in [4.78, 5) is 0.